The maximum absolute atomic E-state index is 12.8. The van der Waals surface area contributed by atoms with Crippen LogP contribution in [-0.2, 0) is 14.2 Å². The molecule has 0 amide bonds. The molecule has 18 heteroatoms. The van der Waals surface area contributed by atoms with Crippen LogP contribution in [0.3, 0.4) is 0 Å². The van der Waals surface area contributed by atoms with Crippen LogP contribution in [0.1, 0.15) is 224 Å². The molecule has 105 heavy (non-hydrogen) atoms. The molecule has 0 bridgehead atoms. The Morgan fingerprint density at radius 1 is 0.257 bits per heavy atom. The van der Waals surface area contributed by atoms with Gasteiger partial charge in [0, 0.05) is 72.4 Å². The summed E-state index contributed by atoms with van der Waals surface area (Å²) < 4.78 is 68.8. The summed E-state index contributed by atoms with van der Waals surface area (Å²) >= 11 is 0. The summed E-state index contributed by atoms with van der Waals surface area (Å²) in [5, 5.41) is 2.23. The first-order chi connectivity index (χ1) is 51.6. The van der Waals surface area contributed by atoms with Gasteiger partial charge in [0.1, 0.15) is 57.4 Å². The monoisotopic (exact) mass is 1440 g/mol. The third-order valence-electron chi connectivity index (χ3n) is 18.4. The summed E-state index contributed by atoms with van der Waals surface area (Å²) in [6.07, 6.45) is 35.0. The van der Waals surface area contributed by atoms with Gasteiger partial charge >= 0.3 is 34.8 Å². The normalized spacial score (nSPS) is 11.4. The van der Waals surface area contributed by atoms with Gasteiger partial charge in [-0.05, 0) is 166 Å². The van der Waals surface area contributed by atoms with E-state index in [1.54, 1.807) is 127 Å². The molecule has 0 aliphatic rings. The van der Waals surface area contributed by atoms with Crippen LogP contribution in [0, 0.1) is 0 Å². The molecule has 6 aromatic carbocycles. The van der Waals surface area contributed by atoms with E-state index in [9.17, 15) is 28.8 Å². The third kappa shape index (κ3) is 30.3. The Balaban J connectivity index is 0.559. The zero-order valence-corrected chi connectivity index (χ0v) is 60.9. The van der Waals surface area contributed by atoms with Gasteiger partial charge in [0.05, 0.1) is 49.7 Å². The number of hydrogen-bond acceptors (Lipinski definition) is 18. The fraction of sp³-hybridized carbons (Fsp3) is 0.448. The van der Waals surface area contributed by atoms with Crippen molar-refractivity contribution >= 4 is 50.8 Å². The van der Waals surface area contributed by atoms with Crippen molar-refractivity contribution in [3.05, 3.63) is 212 Å². The highest BCUT2D eigenvalue weighted by Gasteiger charge is 2.16. The number of carbonyl (C=O) groups is 3. The van der Waals surface area contributed by atoms with Gasteiger partial charge in [0.2, 0.25) is 0 Å². The fourth-order valence-electron chi connectivity index (χ4n) is 12.3. The van der Waals surface area contributed by atoms with Crippen molar-refractivity contribution in [2.45, 2.75) is 199 Å². The third-order valence-corrected chi connectivity index (χ3v) is 18.4. The van der Waals surface area contributed by atoms with Gasteiger partial charge in [0.25, 0.3) is 0 Å². The SMILES string of the molecule is O=C(Oc1ccc2ccc(=O)oc2c1)c1ccc(OCCCCCCCCCCCCOCC(COCCCCCCCCCCCCOc2ccc(C(=O)Oc3ccc4ccc(=O)oc4c3)cc2)OCCCCCCCCCCCCOc2ccc(C(=O)Oc3ccc4ccc(=O)oc4c3)cc2)cc1. The van der Waals surface area contributed by atoms with Crippen LogP contribution in [0.5, 0.6) is 34.5 Å². The molecule has 9 rings (SSSR count). The second-order valence-electron chi connectivity index (χ2n) is 26.9. The predicted molar refractivity (Wildman–Crippen MR) is 408 cm³/mol. The van der Waals surface area contributed by atoms with Crippen LogP contribution < -0.4 is 45.3 Å². The van der Waals surface area contributed by atoms with Crippen molar-refractivity contribution in [1.82, 2.24) is 0 Å². The van der Waals surface area contributed by atoms with Gasteiger partial charge in [-0.1, -0.05) is 154 Å². The molecular formula is C87H104O18. The highest BCUT2D eigenvalue weighted by atomic mass is 16.6. The van der Waals surface area contributed by atoms with Crippen LogP contribution in [0.2, 0.25) is 0 Å². The Morgan fingerprint density at radius 2 is 0.486 bits per heavy atom. The lowest BCUT2D eigenvalue weighted by molar-refractivity contribution is -0.0616. The largest absolute Gasteiger partial charge is 0.494 e. The van der Waals surface area contributed by atoms with Crippen molar-refractivity contribution in [2.75, 3.05) is 52.9 Å². The summed E-state index contributed by atoms with van der Waals surface area (Å²) in [5.74, 6) is 1.52. The van der Waals surface area contributed by atoms with E-state index < -0.39 is 34.8 Å². The van der Waals surface area contributed by atoms with E-state index in [1.165, 1.54) is 165 Å². The minimum Gasteiger partial charge on any atom is -0.494 e. The second kappa shape index (κ2) is 46.5. The number of rotatable bonds is 53. The number of carbonyl (C=O) groups excluding carboxylic acids is 3. The van der Waals surface area contributed by atoms with Crippen LogP contribution in [0.15, 0.2) is 191 Å². The molecule has 560 valence electrons. The van der Waals surface area contributed by atoms with E-state index in [0.717, 1.165) is 100 Å². The van der Waals surface area contributed by atoms with Gasteiger partial charge in [-0.25, -0.2) is 28.8 Å². The van der Waals surface area contributed by atoms with Crippen molar-refractivity contribution in [3.8, 4) is 34.5 Å². The van der Waals surface area contributed by atoms with E-state index in [2.05, 4.69) is 0 Å². The zero-order valence-electron chi connectivity index (χ0n) is 60.9. The molecule has 0 spiro atoms. The maximum Gasteiger partial charge on any atom is 0.343 e. The lowest BCUT2D eigenvalue weighted by Crippen LogP contribution is -2.26. The summed E-state index contributed by atoms with van der Waals surface area (Å²) in [5.41, 5.74) is 0.880. The van der Waals surface area contributed by atoms with Crippen molar-refractivity contribution < 1.29 is 70.3 Å². The molecule has 9 aromatic rings. The van der Waals surface area contributed by atoms with E-state index in [4.69, 9.17) is 55.9 Å². The van der Waals surface area contributed by atoms with Gasteiger partial charge < -0.3 is 55.9 Å². The van der Waals surface area contributed by atoms with E-state index in [1.807, 2.05) is 0 Å². The van der Waals surface area contributed by atoms with Gasteiger partial charge in [0.15, 0.2) is 0 Å². The first-order valence-corrected chi connectivity index (χ1v) is 38.3. The summed E-state index contributed by atoms with van der Waals surface area (Å²) in [6.45, 7) is 5.19. The topological polar surface area (TPSA) is 225 Å². The van der Waals surface area contributed by atoms with Gasteiger partial charge in [-0.15, -0.1) is 0 Å². The molecule has 0 saturated carbocycles. The van der Waals surface area contributed by atoms with Gasteiger partial charge in [-0.3, -0.25) is 0 Å². The minimum atomic E-state index is -0.504. The van der Waals surface area contributed by atoms with Crippen molar-refractivity contribution in [1.29, 1.82) is 0 Å². The second-order valence-corrected chi connectivity index (χ2v) is 26.9. The Hall–Kier alpha value is -9.36. The number of unbranched alkanes of at least 4 members (excludes halogenated alkanes) is 27. The average Bonchev–Trinajstić information content (AvgIpc) is 0.837. The number of fused-ring (bicyclic) bond motifs is 3. The minimum absolute atomic E-state index is 0.0647. The highest BCUT2D eigenvalue weighted by Crippen LogP contribution is 2.26. The summed E-state index contributed by atoms with van der Waals surface area (Å²) in [4.78, 5) is 73.0. The molecule has 0 radical (unpaired) electrons. The van der Waals surface area contributed by atoms with Crippen LogP contribution >= 0.6 is 0 Å². The molecule has 0 aliphatic heterocycles. The van der Waals surface area contributed by atoms with Crippen LogP contribution in [0.4, 0.5) is 0 Å². The summed E-state index contributed by atoms with van der Waals surface area (Å²) in [6, 6.07) is 44.7. The predicted octanol–water partition coefficient (Wildman–Crippen LogP) is 20.3. The molecule has 0 atom stereocenters. The fourth-order valence-corrected chi connectivity index (χ4v) is 12.3. The van der Waals surface area contributed by atoms with Gasteiger partial charge in [-0.2, -0.15) is 0 Å². The Bertz CT molecular complexity index is 4010. The number of hydrogen-bond donors (Lipinski definition) is 0. The first-order valence-electron chi connectivity index (χ1n) is 38.3. The van der Waals surface area contributed by atoms with Crippen LogP contribution in [0.25, 0.3) is 32.9 Å². The number of ether oxygens (including phenoxy) is 9. The number of benzene rings is 6. The molecular weight excluding hydrogens is 1330 g/mol. The molecule has 3 heterocycles. The molecule has 18 nitrogen and oxygen atoms in total. The van der Waals surface area contributed by atoms with E-state index in [-0.39, 0.29) is 6.10 Å². The first kappa shape index (κ1) is 79.8. The Labute approximate surface area is 615 Å². The zero-order chi connectivity index (χ0) is 73.1. The smallest absolute Gasteiger partial charge is 0.343 e. The van der Waals surface area contributed by atoms with Crippen LogP contribution in [-0.4, -0.2) is 76.9 Å². The quantitative estimate of drug-likeness (QED) is 0.0149. The molecule has 0 aliphatic carbocycles. The standard InChI is InChI=1S/C87H104O18/c88-82-52-40-66-31-49-75(61-79(66)103-82)100-85(91)69-34-43-72(44-35-69)96-57-27-21-15-9-3-1-7-13-19-25-55-94-64-78(99-60-30-24-18-12-6-5-11-17-23-29-59-98-74-47-38-71(39-48-74)87(93)102-77-51-33-68-42-54-84(90)105-81(68)63-77)65-95-56-26-20-14-8-2-4-10-16-22-28-58-97-73-45-36-70(37-46-73)86(92)101-76-50-32-67-41-53-83(89)104-80(67)62-76/h31-54,61-63,78H,1-30,55-60,64-65H2. The van der Waals surface area contributed by atoms with E-state index >= 15 is 0 Å². The van der Waals surface area contributed by atoms with E-state index in [0.29, 0.717) is 101 Å². The Kier molecular flexibility index (Phi) is 35.3. The molecule has 3 aromatic heterocycles. The molecule has 0 saturated heterocycles. The number of esters is 3. The average molecular weight is 1440 g/mol. The van der Waals surface area contributed by atoms with Crippen molar-refractivity contribution in [3.63, 3.8) is 0 Å². The molecule has 0 N–H and O–H groups in total. The maximum atomic E-state index is 12.8. The summed E-state index contributed by atoms with van der Waals surface area (Å²) in [7, 11) is 0. The lowest BCUT2D eigenvalue weighted by Gasteiger charge is -2.18. The Morgan fingerprint density at radius 3 is 0.762 bits per heavy atom. The lowest BCUT2D eigenvalue weighted by atomic mass is 10.1. The highest BCUT2D eigenvalue weighted by molar-refractivity contribution is 5.93. The van der Waals surface area contributed by atoms with Crippen molar-refractivity contribution in [2.24, 2.45) is 0 Å². The molecule has 0 unspecified atom stereocenters. The molecule has 0 fully saturated rings.